The Morgan fingerprint density at radius 2 is 1.72 bits per heavy atom. The van der Waals surface area contributed by atoms with Crippen LogP contribution in [0.5, 0.6) is 5.75 Å². The fraction of sp³-hybridized carbons (Fsp3) is 0.355. The molecule has 0 aliphatic carbocycles. The number of fused-ring (bicyclic) bond motifs is 1. The number of unbranched alkanes of at least 4 members (excludes halogenated alkanes) is 2. The molecule has 1 amide bonds. The van der Waals surface area contributed by atoms with Crippen LogP contribution in [0.3, 0.4) is 0 Å². The first-order chi connectivity index (χ1) is 17.5. The summed E-state index contributed by atoms with van der Waals surface area (Å²) in [4.78, 5) is 17.2. The lowest BCUT2D eigenvalue weighted by molar-refractivity contribution is -0.120. The fourth-order valence-electron chi connectivity index (χ4n) is 4.53. The Hall–Kier alpha value is -3.60. The van der Waals surface area contributed by atoms with Gasteiger partial charge in [0.25, 0.3) is 0 Å². The first-order valence-electron chi connectivity index (χ1n) is 13.0. The number of hydrogen-bond acceptors (Lipinski definition) is 3. The lowest BCUT2D eigenvalue weighted by Crippen LogP contribution is -2.26. The van der Waals surface area contributed by atoms with Crippen LogP contribution in [-0.2, 0) is 24.2 Å². The number of aromatic nitrogens is 2. The van der Waals surface area contributed by atoms with Crippen molar-refractivity contribution in [2.24, 2.45) is 0 Å². The quantitative estimate of drug-likeness (QED) is 0.247. The molecular weight excluding hydrogens is 446 g/mol. The molecule has 0 unspecified atom stereocenters. The van der Waals surface area contributed by atoms with E-state index in [1.165, 1.54) is 5.56 Å². The molecule has 1 N–H and O–H groups in total. The second-order valence-electron chi connectivity index (χ2n) is 9.55. The zero-order valence-corrected chi connectivity index (χ0v) is 21.7. The SMILES string of the molecule is Cc1ccc(C)c(OCCn2c(CCCCCNC(=O)Cc3ccccc3C)nc3ccccc32)c1. The van der Waals surface area contributed by atoms with E-state index < -0.39 is 0 Å². The van der Waals surface area contributed by atoms with E-state index in [1.54, 1.807) is 0 Å². The number of aryl methyl sites for hydroxylation is 4. The van der Waals surface area contributed by atoms with Gasteiger partial charge >= 0.3 is 0 Å². The summed E-state index contributed by atoms with van der Waals surface area (Å²) >= 11 is 0. The van der Waals surface area contributed by atoms with Crippen molar-refractivity contribution in [1.29, 1.82) is 0 Å². The number of carbonyl (C=O) groups is 1. The number of nitrogens with zero attached hydrogens (tertiary/aromatic N) is 2. The molecule has 0 radical (unpaired) electrons. The molecule has 0 fully saturated rings. The Balaban J connectivity index is 1.26. The van der Waals surface area contributed by atoms with E-state index in [-0.39, 0.29) is 5.91 Å². The average Bonchev–Trinajstić information content (AvgIpc) is 3.22. The number of nitrogens with one attached hydrogen (secondary N) is 1. The minimum Gasteiger partial charge on any atom is -0.491 e. The first kappa shape index (κ1) is 25.5. The van der Waals surface area contributed by atoms with Gasteiger partial charge in [0, 0.05) is 13.0 Å². The van der Waals surface area contributed by atoms with Crippen LogP contribution in [0.25, 0.3) is 11.0 Å². The molecule has 1 aromatic heterocycles. The molecule has 36 heavy (non-hydrogen) atoms. The van der Waals surface area contributed by atoms with Crippen molar-refractivity contribution in [2.75, 3.05) is 13.2 Å². The molecule has 0 spiro atoms. The van der Waals surface area contributed by atoms with Crippen molar-refractivity contribution in [1.82, 2.24) is 14.9 Å². The third-order valence-electron chi connectivity index (χ3n) is 6.66. The van der Waals surface area contributed by atoms with E-state index in [1.807, 2.05) is 37.3 Å². The topological polar surface area (TPSA) is 56.1 Å². The van der Waals surface area contributed by atoms with Gasteiger partial charge in [-0.25, -0.2) is 4.98 Å². The van der Waals surface area contributed by atoms with Crippen molar-refractivity contribution < 1.29 is 9.53 Å². The normalized spacial score (nSPS) is 11.1. The molecule has 0 saturated heterocycles. The zero-order chi connectivity index (χ0) is 25.3. The number of ether oxygens (including phenoxy) is 1. The number of rotatable bonds is 12. The Bertz CT molecular complexity index is 1310. The Morgan fingerprint density at radius 1 is 0.917 bits per heavy atom. The van der Waals surface area contributed by atoms with Crippen LogP contribution in [0.15, 0.2) is 66.7 Å². The molecular formula is C31H37N3O2. The summed E-state index contributed by atoms with van der Waals surface area (Å²) in [5.41, 5.74) is 6.80. The van der Waals surface area contributed by atoms with Crippen molar-refractivity contribution in [3.63, 3.8) is 0 Å². The summed E-state index contributed by atoms with van der Waals surface area (Å²) in [7, 11) is 0. The molecule has 5 nitrogen and oxygen atoms in total. The largest absolute Gasteiger partial charge is 0.491 e. The molecule has 0 aliphatic rings. The minimum absolute atomic E-state index is 0.0925. The van der Waals surface area contributed by atoms with Crippen LogP contribution in [0.4, 0.5) is 0 Å². The monoisotopic (exact) mass is 483 g/mol. The van der Waals surface area contributed by atoms with Gasteiger partial charge < -0.3 is 14.6 Å². The van der Waals surface area contributed by atoms with E-state index in [9.17, 15) is 4.79 Å². The lowest BCUT2D eigenvalue weighted by atomic mass is 10.1. The van der Waals surface area contributed by atoms with Gasteiger partial charge in [0.2, 0.25) is 5.91 Å². The minimum atomic E-state index is 0.0925. The van der Waals surface area contributed by atoms with Crippen LogP contribution in [0.1, 0.15) is 47.3 Å². The summed E-state index contributed by atoms with van der Waals surface area (Å²) in [6.45, 7) is 8.29. The number of para-hydroxylation sites is 2. The zero-order valence-electron chi connectivity index (χ0n) is 21.7. The van der Waals surface area contributed by atoms with Crippen LogP contribution in [0, 0.1) is 20.8 Å². The summed E-state index contributed by atoms with van der Waals surface area (Å²) < 4.78 is 8.43. The van der Waals surface area contributed by atoms with Crippen LogP contribution in [-0.4, -0.2) is 28.6 Å². The second kappa shape index (κ2) is 12.4. The Labute approximate surface area is 214 Å². The predicted octanol–water partition coefficient (Wildman–Crippen LogP) is 6.11. The average molecular weight is 484 g/mol. The predicted molar refractivity (Wildman–Crippen MR) is 147 cm³/mol. The summed E-state index contributed by atoms with van der Waals surface area (Å²) in [6.07, 6.45) is 4.41. The summed E-state index contributed by atoms with van der Waals surface area (Å²) in [5, 5.41) is 3.07. The molecule has 1 heterocycles. The van der Waals surface area contributed by atoms with Gasteiger partial charge in [0.1, 0.15) is 18.2 Å². The van der Waals surface area contributed by atoms with Crippen LogP contribution in [0.2, 0.25) is 0 Å². The smallest absolute Gasteiger partial charge is 0.224 e. The summed E-state index contributed by atoms with van der Waals surface area (Å²) in [5.74, 6) is 2.14. The standard InChI is InChI=1S/C31H37N3O2/c1-23-16-17-25(3)29(21-23)36-20-19-34-28-14-9-8-13-27(28)33-30(34)15-5-4-10-18-32-31(35)22-26-12-7-6-11-24(26)2/h6-9,11-14,16-17,21H,4-5,10,15,18-20,22H2,1-3H3,(H,32,35). The van der Waals surface area contributed by atoms with Gasteiger partial charge in [0.15, 0.2) is 0 Å². The van der Waals surface area contributed by atoms with E-state index >= 15 is 0 Å². The van der Waals surface area contributed by atoms with Gasteiger partial charge in [0.05, 0.1) is 24.0 Å². The maximum atomic E-state index is 12.3. The van der Waals surface area contributed by atoms with E-state index in [0.29, 0.717) is 19.6 Å². The molecule has 0 aliphatic heterocycles. The highest BCUT2D eigenvalue weighted by atomic mass is 16.5. The first-order valence-corrected chi connectivity index (χ1v) is 13.0. The lowest BCUT2D eigenvalue weighted by Gasteiger charge is -2.13. The number of hydrogen-bond donors (Lipinski definition) is 1. The third kappa shape index (κ3) is 6.75. The van der Waals surface area contributed by atoms with Gasteiger partial charge in [-0.3, -0.25) is 4.79 Å². The van der Waals surface area contributed by atoms with Crippen LogP contribution < -0.4 is 10.1 Å². The van der Waals surface area contributed by atoms with Crippen molar-refractivity contribution in [3.05, 3.63) is 94.8 Å². The maximum Gasteiger partial charge on any atom is 0.224 e. The Morgan fingerprint density at radius 3 is 2.58 bits per heavy atom. The fourth-order valence-corrected chi connectivity index (χ4v) is 4.53. The van der Waals surface area contributed by atoms with Gasteiger partial charge in [-0.05, 0) is 74.1 Å². The molecule has 5 heteroatoms. The van der Waals surface area contributed by atoms with Crippen molar-refractivity contribution in [3.8, 4) is 5.75 Å². The van der Waals surface area contributed by atoms with Gasteiger partial charge in [-0.15, -0.1) is 0 Å². The molecule has 0 atom stereocenters. The van der Waals surface area contributed by atoms with E-state index in [0.717, 1.165) is 71.5 Å². The van der Waals surface area contributed by atoms with Gasteiger partial charge in [-0.2, -0.15) is 0 Å². The van der Waals surface area contributed by atoms with Gasteiger partial charge in [-0.1, -0.05) is 55.0 Å². The molecule has 188 valence electrons. The number of carbonyl (C=O) groups excluding carboxylic acids is 1. The van der Waals surface area contributed by atoms with Crippen molar-refractivity contribution in [2.45, 2.75) is 59.4 Å². The Kier molecular flexibility index (Phi) is 8.77. The number of imidazole rings is 1. The number of amides is 1. The molecule has 0 bridgehead atoms. The second-order valence-corrected chi connectivity index (χ2v) is 9.55. The number of benzene rings is 3. The highest BCUT2D eigenvalue weighted by Gasteiger charge is 2.11. The highest BCUT2D eigenvalue weighted by Crippen LogP contribution is 2.21. The van der Waals surface area contributed by atoms with E-state index in [2.05, 4.69) is 60.1 Å². The molecule has 3 aromatic carbocycles. The van der Waals surface area contributed by atoms with Crippen LogP contribution >= 0.6 is 0 Å². The summed E-state index contributed by atoms with van der Waals surface area (Å²) in [6, 6.07) is 22.7. The van der Waals surface area contributed by atoms with Crippen molar-refractivity contribution >= 4 is 16.9 Å². The third-order valence-corrected chi connectivity index (χ3v) is 6.66. The highest BCUT2D eigenvalue weighted by molar-refractivity contribution is 5.78. The molecule has 4 rings (SSSR count). The van der Waals surface area contributed by atoms with E-state index in [4.69, 9.17) is 9.72 Å². The maximum absolute atomic E-state index is 12.3. The molecule has 0 saturated carbocycles. The molecule has 4 aromatic rings.